The van der Waals surface area contributed by atoms with Gasteiger partial charge in [0.15, 0.2) is 0 Å². The zero-order chi connectivity index (χ0) is 15.4. The van der Waals surface area contributed by atoms with E-state index in [-0.39, 0.29) is 11.9 Å². The quantitative estimate of drug-likeness (QED) is 0.829. The number of carboxylic acid groups (broad SMARTS) is 1. The molecule has 0 aromatic carbocycles. The molecule has 0 aliphatic carbocycles. The average molecular weight is 322 g/mol. The first-order chi connectivity index (χ1) is 9.97. The third-order valence-corrected chi connectivity index (χ3v) is 4.89. The van der Waals surface area contributed by atoms with E-state index in [1.807, 2.05) is 19.2 Å². The van der Waals surface area contributed by atoms with Crippen LogP contribution in [0.5, 0.6) is 0 Å². The number of thiazole rings is 1. The van der Waals surface area contributed by atoms with Crippen LogP contribution in [0.3, 0.4) is 0 Å². The molecule has 0 radical (unpaired) electrons. The summed E-state index contributed by atoms with van der Waals surface area (Å²) in [6.07, 6.45) is 4.27. The number of carbonyl (C=O) groups is 2. The molecule has 1 unspecified atom stereocenters. The van der Waals surface area contributed by atoms with Crippen molar-refractivity contribution in [2.45, 2.75) is 19.9 Å². The summed E-state index contributed by atoms with van der Waals surface area (Å²) in [6.45, 7) is 3.72. The minimum absolute atomic E-state index is 0.155. The van der Waals surface area contributed by atoms with E-state index in [9.17, 15) is 9.59 Å². The molecule has 21 heavy (non-hydrogen) atoms. The average Bonchev–Trinajstić information content (AvgIpc) is 3.05. The lowest BCUT2D eigenvalue weighted by Crippen LogP contribution is -2.25. The van der Waals surface area contributed by atoms with Gasteiger partial charge in [0.25, 0.3) is 5.91 Å². The van der Waals surface area contributed by atoms with E-state index in [2.05, 4.69) is 10.3 Å². The maximum absolute atomic E-state index is 12.2. The Labute approximate surface area is 130 Å². The molecule has 0 aliphatic rings. The Morgan fingerprint density at radius 2 is 2.24 bits per heavy atom. The molecule has 7 heteroatoms. The molecule has 0 bridgehead atoms. The van der Waals surface area contributed by atoms with E-state index in [0.29, 0.717) is 4.88 Å². The predicted octanol–water partition coefficient (Wildman–Crippen LogP) is 3.10. The third-order valence-electron chi connectivity index (χ3n) is 2.73. The van der Waals surface area contributed by atoms with Gasteiger partial charge in [0.1, 0.15) is 5.01 Å². The second-order valence-corrected chi connectivity index (χ2v) is 6.40. The van der Waals surface area contributed by atoms with Crippen molar-refractivity contribution in [1.29, 1.82) is 0 Å². The molecule has 2 N–H and O–H groups in total. The first-order valence-corrected chi connectivity index (χ1v) is 7.88. The van der Waals surface area contributed by atoms with Gasteiger partial charge in [-0.1, -0.05) is 0 Å². The van der Waals surface area contributed by atoms with E-state index in [1.54, 1.807) is 12.3 Å². The summed E-state index contributed by atoms with van der Waals surface area (Å²) in [6, 6.07) is 1.61. The Hall–Kier alpha value is -1.99. The molecular weight excluding hydrogens is 308 g/mol. The van der Waals surface area contributed by atoms with Crippen LogP contribution in [-0.4, -0.2) is 22.0 Å². The normalized spacial score (nSPS) is 12.5. The number of carbonyl (C=O) groups excluding carboxylic acids is 1. The molecule has 0 saturated carbocycles. The molecule has 5 nitrogen and oxygen atoms in total. The van der Waals surface area contributed by atoms with Gasteiger partial charge in [0, 0.05) is 22.5 Å². The van der Waals surface area contributed by atoms with E-state index >= 15 is 0 Å². The molecule has 2 heterocycles. The van der Waals surface area contributed by atoms with Gasteiger partial charge in [0.2, 0.25) is 0 Å². The molecule has 0 spiro atoms. The lowest BCUT2D eigenvalue weighted by atomic mass is 10.2. The third kappa shape index (κ3) is 3.99. The highest BCUT2D eigenvalue weighted by atomic mass is 32.1. The second kappa shape index (κ2) is 6.64. The molecule has 0 aliphatic heterocycles. The number of amides is 1. The highest BCUT2D eigenvalue weighted by Gasteiger charge is 2.16. The molecular formula is C14H14N2O3S2. The molecule has 0 saturated heterocycles. The van der Waals surface area contributed by atoms with E-state index in [1.165, 1.54) is 28.7 Å². The zero-order valence-electron chi connectivity index (χ0n) is 11.5. The second-order valence-electron chi connectivity index (χ2n) is 4.39. The van der Waals surface area contributed by atoms with E-state index in [4.69, 9.17) is 5.11 Å². The minimum atomic E-state index is -1.01. The Morgan fingerprint density at radius 1 is 1.48 bits per heavy atom. The van der Waals surface area contributed by atoms with Crippen molar-refractivity contribution in [1.82, 2.24) is 10.3 Å². The van der Waals surface area contributed by atoms with Gasteiger partial charge in [-0.3, -0.25) is 4.79 Å². The standard InChI is InChI=1S/C14H14N2O3S2/c1-8-7-11(21-10(8)3-4-12(17)18)13(19)16-9(2)14-15-5-6-20-14/h3-7,9H,1-2H3,(H,16,19)(H,17,18)/b4-3+. The molecule has 0 fully saturated rings. The van der Waals surface area contributed by atoms with Crippen molar-refractivity contribution in [2.75, 3.05) is 0 Å². The maximum Gasteiger partial charge on any atom is 0.328 e. The number of aryl methyl sites for hydroxylation is 1. The topological polar surface area (TPSA) is 79.3 Å². The molecule has 1 atom stereocenters. The van der Waals surface area contributed by atoms with Crippen molar-refractivity contribution in [3.63, 3.8) is 0 Å². The van der Waals surface area contributed by atoms with E-state index < -0.39 is 5.97 Å². The summed E-state index contributed by atoms with van der Waals surface area (Å²) in [5.41, 5.74) is 0.879. The highest BCUT2D eigenvalue weighted by Crippen LogP contribution is 2.24. The van der Waals surface area contributed by atoms with Gasteiger partial charge in [-0.05, 0) is 31.6 Å². The van der Waals surface area contributed by atoms with Crippen molar-refractivity contribution in [3.8, 4) is 0 Å². The van der Waals surface area contributed by atoms with Crippen molar-refractivity contribution in [2.24, 2.45) is 0 Å². The van der Waals surface area contributed by atoms with Gasteiger partial charge in [-0.2, -0.15) is 0 Å². The van der Waals surface area contributed by atoms with Gasteiger partial charge in [-0.15, -0.1) is 22.7 Å². The van der Waals surface area contributed by atoms with Crippen LogP contribution in [-0.2, 0) is 4.79 Å². The number of nitrogens with zero attached hydrogens (tertiary/aromatic N) is 1. The largest absolute Gasteiger partial charge is 0.478 e. The molecule has 1 amide bonds. The lowest BCUT2D eigenvalue weighted by molar-refractivity contribution is -0.131. The monoisotopic (exact) mass is 322 g/mol. The lowest BCUT2D eigenvalue weighted by Gasteiger charge is -2.09. The maximum atomic E-state index is 12.2. The van der Waals surface area contributed by atoms with Crippen LogP contribution in [0.25, 0.3) is 6.08 Å². The van der Waals surface area contributed by atoms with Gasteiger partial charge >= 0.3 is 5.97 Å². The molecule has 2 aromatic rings. The van der Waals surface area contributed by atoms with Gasteiger partial charge in [0.05, 0.1) is 10.9 Å². The van der Waals surface area contributed by atoms with Crippen LogP contribution in [0.4, 0.5) is 0 Å². The van der Waals surface area contributed by atoms with Crippen molar-refractivity contribution in [3.05, 3.63) is 44.0 Å². The smallest absolute Gasteiger partial charge is 0.328 e. The molecule has 2 aromatic heterocycles. The fourth-order valence-corrected chi connectivity index (χ4v) is 3.32. The minimum Gasteiger partial charge on any atom is -0.478 e. The summed E-state index contributed by atoms with van der Waals surface area (Å²) in [5.74, 6) is -1.19. The van der Waals surface area contributed by atoms with Crippen molar-refractivity contribution < 1.29 is 14.7 Å². The predicted molar refractivity (Wildman–Crippen MR) is 83.7 cm³/mol. The summed E-state index contributed by atoms with van der Waals surface area (Å²) < 4.78 is 0. The number of aliphatic carboxylic acids is 1. The number of thiophene rings is 1. The number of nitrogens with one attached hydrogen (secondary N) is 1. The van der Waals surface area contributed by atoms with Crippen LogP contribution in [0.1, 0.15) is 38.1 Å². The summed E-state index contributed by atoms with van der Waals surface area (Å²) in [7, 11) is 0. The van der Waals surface area contributed by atoms with Crippen molar-refractivity contribution >= 4 is 40.6 Å². The van der Waals surface area contributed by atoms with Crippen LogP contribution >= 0.6 is 22.7 Å². The number of hydrogen-bond donors (Lipinski definition) is 2. The van der Waals surface area contributed by atoms with Crippen LogP contribution in [0, 0.1) is 6.92 Å². The fraction of sp³-hybridized carbons (Fsp3) is 0.214. The van der Waals surface area contributed by atoms with Crippen LogP contribution < -0.4 is 5.32 Å². The van der Waals surface area contributed by atoms with Gasteiger partial charge < -0.3 is 10.4 Å². The van der Waals surface area contributed by atoms with Gasteiger partial charge in [-0.25, -0.2) is 9.78 Å². The number of carboxylic acids is 1. The SMILES string of the molecule is Cc1cc(C(=O)NC(C)c2nccs2)sc1/C=C/C(=O)O. The Bertz CT molecular complexity index is 674. The first kappa shape index (κ1) is 15.4. The Balaban J connectivity index is 2.09. The summed E-state index contributed by atoms with van der Waals surface area (Å²) in [4.78, 5) is 28.2. The highest BCUT2D eigenvalue weighted by molar-refractivity contribution is 7.15. The summed E-state index contributed by atoms with van der Waals surface area (Å²) in [5, 5.41) is 14.2. The fourth-order valence-electron chi connectivity index (χ4n) is 1.70. The molecule has 2 rings (SSSR count). The van der Waals surface area contributed by atoms with E-state index in [0.717, 1.165) is 21.5 Å². The Kier molecular flexibility index (Phi) is 4.87. The van der Waals surface area contributed by atoms with Crippen LogP contribution in [0.15, 0.2) is 23.7 Å². The molecule has 110 valence electrons. The number of hydrogen-bond acceptors (Lipinski definition) is 5. The van der Waals surface area contributed by atoms with Crippen LogP contribution in [0.2, 0.25) is 0 Å². The zero-order valence-corrected chi connectivity index (χ0v) is 13.1. The summed E-state index contributed by atoms with van der Waals surface area (Å²) >= 11 is 2.76. The Morgan fingerprint density at radius 3 is 2.86 bits per heavy atom. The number of rotatable bonds is 5. The number of aromatic nitrogens is 1. The first-order valence-electron chi connectivity index (χ1n) is 6.19.